The largest absolute Gasteiger partial charge is 0.530 e. The van der Waals surface area contributed by atoms with Crippen LogP contribution in [0.1, 0.15) is 173 Å². The van der Waals surface area contributed by atoms with Crippen molar-refractivity contribution in [3.63, 3.8) is 0 Å². The number of hydrogen-bond donors (Lipinski definition) is 0. The smallest absolute Gasteiger partial charge is 0.346 e. The van der Waals surface area contributed by atoms with Gasteiger partial charge in [0, 0.05) is 11.8 Å². The van der Waals surface area contributed by atoms with Crippen LogP contribution >= 0.6 is 0 Å². The Bertz CT molecular complexity index is 5590. The van der Waals surface area contributed by atoms with Crippen LogP contribution in [-0.2, 0) is 21.7 Å². The second-order valence-electron chi connectivity index (χ2n) is 39.9. The lowest BCUT2D eigenvalue weighted by atomic mass is 9.75. The molecular formula is C124H122O4Si4. The van der Waals surface area contributed by atoms with E-state index >= 15 is 0 Å². The second-order valence-corrected chi connectivity index (χ2v) is 53.1. The highest BCUT2D eigenvalue weighted by molar-refractivity contribution is 7.09. The zero-order valence-electron chi connectivity index (χ0n) is 79.4. The molecule has 0 amide bonds. The Labute approximate surface area is 789 Å². The van der Waals surface area contributed by atoms with Gasteiger partial charge in [-0.1, -0.05) is 520 Å². The Balaban J connectivity index is 0.917. The van der Waals surface area contributed by atoms with Crippen LogP contribution in [0.15, 0.2) is 437 Å². The van der Waals surface area contributed by atoms with Crippen molar-refractivity contribution in [2.24, 2.45) is 0 Å². The van der Waals surface area contributed by atoms with Crippen molar-refractivity contribution in [1.82, 2.24) is 0 Å². The van der Waals surface area contributed by atoms with E-state index in [1.165, 1.54) is 84.5 Å². The molecule has 0 saturated carbocycles. The van der Waals surface area contributed by atoms with Crippen molar-refractivity contribution < 1.29 is 17.7 Å². The van der Waals surface area contributed by atoms with Gasteiger partial charge in [-0.2, -0.15) is 0 Å². The predicted molar refractivity (Wildman–Crippen MR) is 566 cm³/mol. The van der Waals surface area contributed by atoms with E-state index in [2.05, 4.69) is 548 Å². The summed E-state index contributed by atoms with van der Waals surface area (Å²) in [5, 5.41) is 14.1. The summed E-state index contributed by atoms with van der Waals surface area (Å²) in [6, 6.07) is 162. The molecule has 0 fully saturated rings. The fourth-order valence-electron chi connectivity index (χ4n) is 20.1. The number of hydrogen-bond acceptors (Lipinski definition) is 4. The Hall–Kier alpha value is -13.2. The summed E-state index contributed by atoms with van der Waals surface area (Å²) in [6.07, 6.45) is 0. The lowest BCUT2D eigenvalue weighted by Crippen LogP contribution is -2.71. The van der Waals surface area contributed by atoms with Gasteiger partial charge in [-0.3, -0.25) is 0 Å². The molecule has 132 heavy (non-hydrogen) atoms. The molecule has 0 aliphatic heterocycles. The Morgan fingerprint density at radius 1 is 0.159 bits per heavy atom. The Morgan fingerprint density at radius 2 is 0.280 bits per heavy atom. The molecule has 0 aromatic heterocycles. The molecule has 0 heterocycles. The van der Waals surface area contributed by atoms with Gasteiger partial charge in [0.25, 0.3) is 0 Å². The molecule has 0 aliphatic rings. The summed E-state index contributed by atoms with van der Waals surface area (Å²) >= 11 is 0. The molecule has 0 aliphatic carbocycles. The summed E-state index contributed by atoms with van der Waals surface area (Å²) in [5.41, 5.74) is 14.1. The number of aryl methyl sites for hydroxylation is 4. The van der Waals surface area contributed by atoms with E-state index in [9.17, 15) is 0 Å². The molecule has 0 saturated heterocycles. The normalized spacial score (nSPS) is 12.4. The maximum Gasteiger partial charge on any atom is 0.346 e. The third-order valence-corrected chi connectivity index (χ3v) is 42.3. The molecule has 0 unspecified atom stereocenters. The maximum atomic E-state index is 8.35. The molecule has 17 rings (SSSR count). The molecule has 17 aromatic rings. The molecule has 658 valence electrons. The minimum Gasteiger partial charge on any atom is -0.530 e. The van der Waals surface area contributed by atoms with Crippen molar-refractivity contribution in [2.75, 3.05) is 0 Å². The van der Waals surface area contributed by atoms with Crippen LogP contribution in [0.25, 0.3) is 0 Å². The van der Waals surface area contributed by atoms with Gasteiger partial charge in [0.1, 0.15) is 23.0 Å². The van der Waals surface area contributed by atoms with Gasteiger partial charge in [-0.15, -0.1) is 0 Å². The fraction of sp³-hybridized carbons (Fsp3) is 0.177. The Kier molecular flexibility index (Phi) is 25.8. The zero-order chi connectivity index (χ0) is 92.2. The van der Waals surface area contributed by atoms with Crippen LogP contribution in [0.4, 0.5) is 0 Å². The fourth-order valence-corrected chi connectivity index (χ4v) is 35.7. The van der Waals surface area contributed by atoms with Gasteiger partial charge < -0.3 is 17.7 Å². The highest BCUT2D eigenvalue weighted by Gasteiger charge is 2.51. The molecule has 17 aromatic carbocycles. The first kappa shape index (κ1) is 90.7. The van der Waals surface area contributed by atoms with E-state index in [0.29, 0.717) is 0 Å². The highest BCUT2D eigenvalue weighted by atomic mass is 28.4. The first-order valence-electron chi connectivity index (χ1n) is 46.7. The average Bonchev–Trinajstić information content (AvgIpc) is 0.740. The van der Waals surface area contributed by atoms with Gasteiger partial charge in [0.2, 0.25) is 0 Å². The van der Waals surface area contributed by atoms with E-state index < -0.39 is 54.9 Å². The van der Waals surface area contributed by atoms with Gasteiger partial charge >= 0.3 is 33.3 Å². The molecule has 0 N–H and O–H groups in total. The SMILES string of the molecule is Cc1cc(C(c2ccc(C(c3cc(C)c(O[Si](c4ccccc4)(c4ccccc4)c4ccccc4)c(C(C)(C)C)c3)c3cc(C)c(O[Si](c4ccccc4)(c4ccccc4)c4ccccc4)c(C(C)(C)C)c3)cc2)c2cc(C)c(O[Si](c3ccccc3)(c3ccccc3)c3ccccc3)c(C(C)(C)C)c2)cc(C(C)(C)C)c1O[Si](c1ccccc1)(c1ccccc1)c1ccccc1. The van der Waals surface area contributed by atoms with Crippen molar-refractivity contribution in [3.8, 4) is 23.0 Å². The van der Waals surface area contributed by atoms with Crippen LogP contribution in [0.5, 0.6) is 23.0 Å². The topological polar surface area (TPSA) is 36.9 Å². The first-order valence-corrected chi connectivity index (χ1v) is 54.4. The van der Waals surface area contributed by atoms with E-state index in [-0.39, 0.29) is 11.8 Å². The van der Waals surface area contributed by atoms with E-state index in [1.54, 1.807) is 0 Å². The standard InChI is InChI=1S/C124H122O4Si4/c1-89-81-95(85-111(121(5,6)7)117(89)125-129(99-53-29-17-30-54-99,100-55-31-18-32-56-100)101-57-33-19-34-58-101)115(96-82-90(2)118(112(86-96)122(8,9)10)126-130(102-59-35-20-36-60-102,103-61-37-21-38-62-103)104-63-39-22-40-64-104)93-77-79-94(80-78-93)116(97-83-91(3)119(113(87-97)123(11,12)13)127-131(105-65-41-23-42-66-105,106-67-43-24-44-68-106)107-69-45-25-46-70-107)98-84-92(4)120(114(88-98)124(14,15)16)128-132(108-71-47-26-48-72-108,109-73-49-27-50-74-109)110-75-51-28-52-76-110/h17-88,115-116H,1-16H3. The lowest BCUT2D eigenvalue weighted by molar-refractivity contribution is 0.512. The lowest BCUT2D eigenvalue weighted by Gasteiger charge is -2.38. The van der Waals surface area contributed by atoms with Gasteiger partial charge in [-0.25, -0.2) is 0 Å². The quantitative estimate of drug-likeness (QED) is 0.0400. The van der Waals surface area contributed by atoms with Crippen LogP contribution < -0.4 is 79.9 Å². The molecular weight excluding hydrogens is 1670 g/mol. The van der Waals surface area contributed by atoms with Crippen LogP contribution in [0.3, 0.4) is 0 Å². The Morgan fingerprint density at radius 3 is 0.394 bits per heavy atom. The molecule has 4 nitrogen and oxygen atoms in total. The second kappa shape index (κ2) is 37.6. The summed E-state index contributed by atoms with van der Waals surface area (Å²) < 4.78 is 33.4. The van der Waals surface area contributed by atoms with E-state index in [1.807, 2.05) is 0 Å². The number of rotatable bonds is 26. The zero-order valence-corrected chi connectivity index (χ0v) is 83.4. The maximum absolute atomic E-state index is 8.35. The molecule has 8 heteroatoms. The van der Waals surface area contributed by atoms with Crippen molar-refractivity contribution in [1.29, 1.82) is 0 Å². The summed E-state index contributed by atoms with van der Waals surface area (Å²) in [5.74, 6) is 3.01. The molecule has 0 radical (unpaired) electrons. The third-order valence-electron chi connectivity index (χ3n) is 26.5. The molecule has 0 atom stereocenters. The van der Waals surface area contributed by atoms with Crippen LogP contribution in [0.2, 0.25) is 0 Å². The third kappa shape index (κ3) is 17.8. The van der Waals surface area contributed by atoms with Crippen molar-refractivity contribution in [2.45, 2.75) is 144 Å². The van der Waals surface area contributed by atoms with Crippen molar-refractivity contribution in [3.05, 3.63) is 515 Å². The van der Waals surface area contributed by atoms with Gasteiger partial charge in [0.05, 0.1) is 0 Å². The van der Waals surface area contributed by atoms with Crippen LogP contribution in [-0.4, -0.2) is 33.3 Å². The minimum atomic E-state index is -3.36. The summed E-state index contributed by atoms with van der Waals surface area (Å²) in [6.45, 7) is 37.4. The monoisotopic (exact) mass is 1790 g/mol. The first-order chi connectivity index (χ1) is 63.6. The molecule has 0 bridgehead atoms. The predicted octanol–water partition coefficient (Wildman–Crippen LogP) is 22.7. The van der Waals surface area contributed by atoms with E-state index in [0.717, 1.165) is 78.6 Å². The highest BCUT2D eigenvalue weighted by Crippen LogP contribution is 2.49. The number of benzene rings is 17. The van der Waals surface area contributed by atoms with Crippen LogP contribution in [0, 0.1) is 27.7 Å². The van der Waals surface area contributed by atoms with Gasteiger partial charge in [0.15, 0.2) is 0 Å². The molecule has 0 spiro atoms. The summed E-state index contributed by atoms with van der Waals surface area (Å²) in [7, 11) is -13.4. The van der Waals surface area contributed by atoms with Crippen molar-refractivity contribution >= 4 is 95.5 Å². The summed E-state index contributed by atoms with van der Waals surface area (Å²) in [4.78, 5) is 0. The van der Waals surface area contributed by atoms with E-state index in [4.69, 9.17) is 17.7 Å². The minimum absolute atomic E-state index is 0.317. The average molecular weight is 1790 g/mol. The van der Waals surface area contributed by atoms with Gasteiger partial charge in [-0.05, 0) is 189 Å².